The zero-order chi connectivity index (χ0) is 30.5. The average Bonchev–Trinajstić information content (AvgIpc) is 2.80. The molecule has 224 valence electrons. The average molecular weight is 561 g/mol. The van der Waals surface area contributed by atoms with E-state index in [4.69, 9.17) is 11.5 Å². The van der Waals surface area contributed by atoms with Crippen LogP contribution in [0.15, 0.2) is 0 Å². The number of amides is 4. The highest BCUT2D eigenvalue weighted by Crippen LogP contribution is 2.10. The largest absolute Gasteiger partial charge is 0.481 e. The van der Waals surface area contributed by atoms with Gasteiger partial charge in [0.15, 0.2) is 0 Å². The Kier molecular flexibility index (Phi) is 15.2. The predicted molar refractivity (Wildman–Crippen MR) is 140 cm³/mol. The van der Waals surface area contributed by atoms with Gasteiger partial charge in [-0.25, -0.2) is 4.79 Å². The van der Waals surface area contributed by atoms with Gasteiger partial charge in [-0.1, -0.05) is 13.8 Å². The molecule has 0 heterocycles. The number of unbranched alkanes of at least 4 members (excludes halogenated alkanes) is 1. The van der Waals surface area contributed by atoms with Crippen LogP contribution in [0.5, 0.6) is 0 Å². The summed E-state index contributed by atoms with van der Waals surface area (Å²) in [4.78, 5) is 74.1. The van der Waals surface area contributed by atoms with Crippen molar-refractivity contribution in [2.45, 2.75) is 103 Å². The van der Waals surface area contributed by atoms with Crippen molar-refractivity contribution in [3.8, 4) is 0 Å². The van der Waals surface area contributed by atoms with E-state index in [1.165, 1.54) is 20.8 Å². The SMILES string of the molecule is CC(C)C[C@H](NC(=O)C(C)(C)NC(=O)[C@@H](N)[C@@H](C)O)C(=O)N[C@@H](CC(=O)O)C(=O)N[C@@H](CCCCN)C(=O)O. The van der Waals surface area contributed by atoms with Crippen molar-refractivity contribution in [3.63, 3.8) is 0 Å². The number of aliphatic hydroxyl groups is 1. The quantitative estimate of drug-likeness (QED) is 0.0810. The third-order valence-electron chi connectivity index (χ3n) is 5.73. The predicted octanol–water partition coefficient (Wildman–Crippen LogP) is -2.22. The molecule has 11 N–H and O–H groups in total. The Bertz CT molecular complexity index is 878. The van der Waals surface area contributed by atoms with Gasteiger partial charge in [-0.15, -0.1) is 0 Å². The maximum Gasteiger partial charge on any atom is 0.326 e. The van der Waals surface area contributed by atoms with Crippen molar-refractivity contribution >= 4 is 35.6 Å². The van der Waals surface area contributed by atoms with E-state index >= 15 is 0 Å². The summed E-state index contributed by atoms with van der Waals surface area (Å²) < 4.78 is 0. The van der Waals surface area contributed by atoms with Crippen LogP contribution in [0.1, 0.15) is 66.7 Å². The van der Waals surface area contributed by atoms with Crippen molar-refractivity contribution in [2.75, 3.05) is 6.54 Å². The highest BCUT2D eigenvalue weighted by atomic mass is 16.4. The molecule has 15 heteroatoms. The number of nitrogens with two attached hydrogens (primary N) is 2. The van der Waals surface area contributed by atoms with Crippen LogP contribution in [0.25, 0.3) is 0 Å². The maximum absolute atomic E-state index is 13.1. The van der Waals surface area contributed by atoms with Gasteiger partial charge in [-0.2, -0.15) is 0 Å². The Morgan fingerprint density at radius 1 is 0.821 bits per heavy atom. The number of carboxylic acid groups (broad SMARTS) is 2. The molecule has 0 aliphatic heterocycles. The third-order valence-corrected chi connectivity index (χ3v) is 5.73. The number of rotatable bonds is 18. The number of carbonyl (C=O) groups is 6. The van der Waals surface area contributed by atoms with Crippen LogP contribution in [0.4, 0.5) is 0 Å². The summed E-state index contributed by atoms with van der Waals surface area (Å²) in [5.41, 5.74) is 9.46. The molecule has 0 aromatic rings. The molecule has 0 rings (SSSR count). The highest BCUT2D eigenvalue weighted by molar-refractivity contribution is 5.97. The lowest BCUT2D eigenvalue weighted by atomic mass is 9.98. The van der Waals surface area contributed by atoms with Crippen LogP contribution in [0.3, 0.4) is 0 Å². The van der Waals surface area contributed by atoms with Gasteiger partial charge in [0.2, 0.25) is 23.6 Å². The summed E-state index contributed by atoms with van der Waals surface area (Å²) >= 11 is 0. The van der Waals surface area contributed by atoms with Gasteiger partial charge in [0, 0.05) is 0 Å². The highest BCUT2D eigenvalue weighted by Gasteiger charge is 2.36. The molecule has 0 unspecified atom stereocenters. The molecule has 0 spiro atoms. The van der Waals surface area contributed by atoms with E-state index in [0.717, 1.165) is 0 Å². The molecule has 15 nitrogen and oxygen atoms in total. The van der Waals surface area contributed by atoms with Crippen molar-refractivity contribution in [2.24, 2.45) is 17.4 Å². The van der Waals surface area contributed by atoms with E-state index in [1.807, 2.05) is 0 Å². The third kappa shape index (κ3) is 13.4. The van der Waals surface area contributed by atoms with E-state index in [-0.39, 0.29) is 18.8 Å². The number of hydrogen-bond acceptors (Lipinski definition) is 9. The van der Waals surface area contributed by atoms with Gasteiger partial charge in [-0.3, -0.25) is 24.0 Å². The first-order valence-corrected chi connectivity index (χ1v) is 12.7. The van der Waals surface area contributed by atoms with Crippen molar-refractivity contribution < 1.29 is 44.1 Å². The molecule has 0 aromatic heterocycles. The first-order chi connectivity index (χ1) is 17.9. The number of nitrogens with one attached hydrogen (secondary N) is 4. The fraction of sp³-hybridized carbons (Fsp3) is 0.750. The molecule has 5 atom stereocenters. The van der Waals surface area contributed by atoms with Gasteiger partial charge in [0.25, 0.3) is 0 Å². The van der Waals surface area contributed by atoms with Crippen molar-refractivity contribution in [3.05, 3.63) is 0 Å². The molecule has 0 fully saturated rings. The van der Waals surface area contributed by atoms with Crippen LogP contribution < -0.4 is 32.7 Å². The minimum Gasteiger partial charge on any atom is -0.481 e. The van der Waals surface area contributed by atoms with Crippen LogP contribution in [-0.2, 0) is 28.8 Å². The topological polar surface area (TPSA) is 263 Å². The van der Waals surface area contributed by atoms with Gasteiger partial charge < -0.3 is 48.1 Å². The first kappa shape index (κ1) is 35.7. The number of aliphatic hydroxyl groups excluding tert-OH is 1. The monoisotopic (exact) mass is 560 g/mol. The molecule has 39 heavy (non-hydrogen) atoms. The molecule has 0 aliphatic rings. The fourth-order valence-corrected chi connectivity index (χ4v) is 3.39. The van der Waals surface area contributed by atoms with E-state index in [0.29, 0.717) is 19.4 Å². The van der Waals surface area contributed by atoms with Gasteiger partial charge >= 0.3 is 11.9 Å². The van der Waals surface area contributed by atoms with Gasteiger partial charge in [0.05, 0.1) is 12.5 Å². The van der Waals surface area contributed by atoms with E-state index in [9.17, 15) is 44.1 Å². The second-order valence-corrected chi connectivity index (χ2v) is 10.4. The van der Waals surface area contributed by atoms with Crippen LogP contribution in [0.2, 0.25) is 0 Å². The molecular formula is C24H44N6O9. The molecule has 0 aromatic carbocycles. The first-order valence-electron chi connectivity index (χ1n) is 12.7. The molecule has 0 radical (unpaired) electrons. The molecule has 4 amide bonds. The fourth-order valence-electron chi connectivity index (χ4n) is 3.39. The van der Waals surface area contributed by atoms with Crippen molar-refractivity contribution in [1.29, 1.82) is 0 Å². The Balaban J connectivity index is 5.70. The lowest BCUT2D eigenvalue weighted by Crippen LogP contribution is -2.63. The van der Waals surface area contributed by atoms with Gasteiger partial charge in [-0.05, 0) is 58.9 Å². The Hall–Kier alpha value is -3.30. The van der Waals surface area contributed by atoms with Crippen LogP contribution in [0, 0.1) is 5.92 Å². The Labute approximate surface area is 227 Å². The van der Waals surface area contributed by atoms with E-state index in [2.05, 4.69) is 21.3 Å². The number of carbonyl (C=O) groups excluding carboxylic acids is 4. The van der Waals surface area contributed by atoms with Gasteiger partial charge in [0.1, 0.15) is 29.7 Å². The zero-order valence-electron chi connectivity index (χ0n) is 23.2. The molecule has 0 aliphatic carbocycles. The Morgan fingerprint density at radius 3 is 1.82 bits per heavy atom. The minimum absolute atomic E-state index is 0.0531. The Morgan fingerprint density at radius 2 is 1.36 bits per heavy atom. The second-order valence-electron chi connectivity index (χ2n) is 10.4. The normalized spacial score (nSPS) is 15.3. The van der Waals surface area contributed by atoms with E-state index < -0.39 is 77.8 Å². The minimum atomic E-state index is -1.63. The summed E-state index contributed by atoms with van der Waals surface area (Å²) in [7, 11) is 0. The summed E-state index contributed by atoms with van der Waals surface area (Å²) in [5.74, 6) is -6.35. The molecule has 0 saturated heterocycles. The smallest absolute Gasteiger partial charge is 0.326 e. The number of aliphatic carboxylic acids is 2. The number of carboxylic acids is 2. The molecule has 0 saturated carbocycles. The van der Waals surface area contributed by atoms with E-state index in [1.54, 1.807) is 13.8 Å². The maximum atomic E-state index is 13.1. The lowest BCUT2D eigenvalue weighted by molar-refractivity contribution is -0.144. The second kappa shape index (κ2) is 16.6. The number of hydrogen-bond donors (Lipinski definition) is 9. The summed E-state index contributed by atoms with van der Waals surface area (Å²) in [6, 6.07) is -5.48. The molecule has 0 bridgehead atoms. The van der Waals surface area contributed by atoms with Crippen LogP contribution >= 0.6 is 0 Å². The molecular weight excluding hydrogens is 516 g/mol. The zero-order valence-corrected chi connectivity index (χ0v) is 23.2. The summed E-state index contributed by atoms with van der Waals surface area (Å²) in [6.07, 6.45) is -0.950. The summed E-state index contributed by atoms with van der Waals surface area (Å²) in [5, 5.41) is 37.6. The standard InChI is InChI=1S/C24H44N6O9/c1-12(2)10-15(29-23(39)24(4,5)30-21(36)18(26)13(3)31)19(34)28-16(11-17(32)33)20(35)27-14(22(37)38)8-6-7-9-25/h12-16,18,31H,6-11,25-26H2,1-5H3,(H,27,35)(H,28,34)(H,29,39)(H,30,36)(H,32,33)(H,37,38)/t13-,14+,15+,16+,18+/m1/s1. The summed E-state index contributed by atoms with van der Waals surface area (Å²) in [6.45, 7) is 7.88. The van der Waals surface area contributed by atoms with Crippen LogP contribution in [-0.4, -0.2) is 93.2 Å². The lowest BCUT2D eigenvalue weighted by Gasteiger charge is -2.30. The van der Waals surface area contributed by atoms with Crippen molar-refractivity contribution in [1.82, 2.24) is 21.3 Å².